The van der Waals surface area contributed by atoms with E-state index in [4.69, 9.17) is 4.98 Å². The Morgan fingerprint density at radius 2 is 1.67 bits per heavy atom. The Morgan fingerprint density at radius 3 is 2.29 bits per heavy atom. The molecule has 2 aromatic rings. The molecule has 110 valence electrons. The fourth-order valence-electron chi connectivity index (χ4n) is 5.76. The van der Waals surface area contributed by atoms with Gasteiger partial charge in [0.05, 0.1) is 11.0 Å². The Hall–Kier alpha value is -1.51. The van der Waals surface area contributed by atoms with Gasteiger partial charge in [-0.25, -0.2) is 4.98 Å². The van der Waals surface area contributed by atoms with E-state index in [1.807, 2.05) is 0 Å². The van der Waals surface area contributed by atoms with Gasteiger partial charge in [0.2, 0.25) is 5.95 Å². The number of hydrogen-bond acceptors (Lipinski definition) is 2. The number of aryl methyl sites for hydroxylation is 1. The lowest BCUT2D eigenvalue weighted by atomic mass is 9.53. The molecule has 0 spiro atoms. The van der Waals surface area contributed by atoms with Crippen molar-refractivity contribution >= 4 is 17.0 Å². The fraction of sp³-hybridized carbons (Fsp3) is 0.611. The van der Waals surface area contributed by atoms with Crippen molar-refractivity contribution in [3.8, 4) is 0 Å². The minimum absolute atomic E-state index is 0.337. The quantitative estimate of drug-likeness (QED) is 0.903. The number of para-hydroxylation sites is 2. The van der Waals surface area contributed by atoms with Crippen molar-refractivity contribution in [3.63, 3.8) is 0 Å². The smallest absolute Gasteiger partial charge is 0.204 e. The molecule has 1 N–H and O–H groups in total. The maximum atomic E-state index is 4.84. The SMILES string of the molecule is Cn1c(NC23CC4CC(CC(C4)C2)C3)nc2ccccc21. The largest absolute Gasteiger partial charge is 0.350 e. The summed E-state index contributed by atoms with van der Waals surface area (Å²) in [6.45, 7) is 0. The van der Waals surface area contributed by atoms with E-state index >= 15 is 0 Å². The number of nitrogens with one attached hydrogen (secondary N) is 1. The normalized spacial score (nSPS) is 37.3. The first-order valence-corrected chi connectivity index (χ1v) is 8.40. The molecule has 0 amide bonds. The molecule has 21 heavy (non-hydrogen) atoms. The highest BCUT2D eigenvalue weighted by Gasteiger charge is 2.51. The first kappa shape index (κ1) is 12.1. The number of hydrogen-bond donors (Lipinski definition) is 1. The van der Waals surface area contributed by atoms with Crippen LogP contribution in [0.25, 0.3) is 11.0 Å². The van der Waals surface area contributed by atoms with E-state index in [0.717, 1.165) is 29.2 Å². The molecular formula is C18H23N3. The van der Waals surface area contributed by atoms with Crippen LogP contribution in [0.4, 0.5) is 5.95 Å². The first-order valence-electron chi connectivity index (χ1n) is 8.40. The standard InChI is InChI=1S/C18H23N3/c1-21-16-5-3-2-4-15(16)19-17(21)20-18-9-12-6-13(10-18)8-14(7-12)11-18/h2-5,12-14H,6-11H2,1H3,(H,19,20). The predicted octanol–water partition coefficient (Wildman–Crippen LogP) is 3.95. The van der Waals surface area contributed by atoms with Crippen molar-refractivity contribution < 1.29 is 0 Å². The molecule has 6 rings (SSSR count). The topological polar surface area (TPSA) is 29.9 Å². The summed E-state index contributed by atoms with van der Waals surface area (Å²) >= 11 is 0. The third-order valence-corrected chi connectivity index (χ3v) is 6.20. The summed E-state index contributed by atoms with van der Waals surface area (Å²) in [5.41, 5.74) is 2.67. The van der Waals surface area contributed by atoms with E-state index in [0.29, 0.717) is 5.54 Å². The second-order valence-corrected chi connectivity index (χ2v) is 7.81. The molecule has 1 aromatic heterocycles. The van der Waals surface area contributed by atoms with Crippen LogP contribution in [-0.4, -0.2) is 15.1 Å². The van der Waals surface area contributed by atoms with E-state index in [9.17, 15) is 0 Å². The van der Waals surface area contributed by atoms with E-state index in [1.165, 1.54) is 44.0 Å². The maximum absolute atomic E-state index is 4.84. The van der Waals surface area contributed by atoms with Gasteiger partial charge in [0, 0.05) is 12.6 Å². The molecule has 1 heterocycles. The summed E-state index contributed by atoms with van der Waals surface area (Å²) in [7, 11) is 2.14. The monoisotopic (exact) mass is 281 g/mol. The van der Waals surface area contributed by atoms with Gasteiger partial charge in [0.1, 0.15) is 0 Å². The lowest BCUT2D eigenvalue weighted by Crippen LogP contribution is -2.55. The van der Waals surface area contributed by atoms with Gasteiger partial charge in [-0.3, -0.25) is 0 Å². The molecular weight excluding hydrogens is 258 g/mol. The third kappa shape index (κ3) is 1.76. The minimum atomic E-state index is 0.337. The molecule has 1 aromatic carbocycles. The molecule has 3 nitrogen and oxygen atoms in total. The number of fused-ring (bicyclic) bond motifs is 1. The van der Waals surface area contributed by atoms with Crippen LogP contribution in [0, 0.1) is 17.8 Å². The second-order valence-electron chi connectivity index (χ2n) is 7.81. The van der Waals surface area contributed by atoms with E-state index in [1.54, 1.807) is 0 Å². The summed E-state index contributed by atoms with van der Waals surface area (Å²) in [6, 6.07) is 8.44. The Bertz CT molecular complexity index is 664. The van der Waals surface area contributed by atoms with Gasteiger partial charge in [0.25, 0.3) is 0 Å². The molecule has 4 bridgehead atoms. The Balaban J connectivity index is 1.52. The number of imidazole rings is 1. The Morgan fingerprint density at radius 1 is 1.05 bits per heavy atom. The highest BCUT2D eigenvalue weighted by Crippen LogP contribution is 2.56. The molecule has 4 aliphatic rings. The Kier molecular flexibility index (Phi) is 2.31. The molecule has 4 fully saturated rings. The van der Waals surface area contributed by atoms with Crippen molar-refractivity contribution in [1.29, 1.82) is 0 Å². The highest BCUT2D eigenvalue weighted by molar-refractivity contribution is 5.78. The van der Waals surface area contributed by atoms with E-state index < -0.39 is 0 Å². The summed E-state index contributed by atoms with van der Waals surface area (Å²) in [5.74, 6) is 3.98. The molecule has 3 heteroatoms. The van der Waals surface area contributed by atoms with Crippen LogP contribution in [-0.2, 0) is 7.05 Å². The molecule has 4 saturated carbocycles. The second kappa shape index (κ2) is 4.02. The number of nitrogens with zero attached hydrogens (tertiary/aromatic N) is 2. The fourth-order valence-corrected chi connectivity index (χ4v) is 5.76. The van der Waals surface area contributed by atoms with Crippen LogP contribution in [0.2, 0.25) is 0 Å². The predicted molar refractivity (Wildman–Crippen MR) is 85.2 cm³/mol. The van der Waals surface area contributed by atoms with Gasteiger partial charge in [-0.15, -0.1) is 0 Å². The first-order chi connectivity index (χ1) is 10.2. The Labute approximate surface area is 125 Å². The van der Waals surface area contributed by atoms with Crippen molar-refractivity contribution in [2.24, 2.45) is 24.8 Å². The summed E-state index contributed by atoms with van der Waals surface area (Å²) in [6.07, 6.45) is 8.56. The highest BCUT2D eigenvalue weighted by atomic mass is 15.2. The average Bonchev–Trinajstić information content (AvgIpc) is 2.74. The zero-order valence-electron chi connectivity index (χ0n) is 12.7. The number of rotatable bonds is 2. The van der Waals surface area contributed by atoms with Crippen molar-refractivity contribution in [2.75, 3.05) is 5.32 Å². The number of aromatic nitrogens is 2. The summed E-state index contributed by atoms with van der Waals surface area (Å²) in [5, 5.41) is 3.90. The van der Waals surface area contributed by atoms with Crippen LogP contribution in [0.5, 0.6) is 0 Å². The van der Waals surface area contributed by atoms with Crippen LogP contribution < -0.4 is 5.32 Å². The van der Waals surface area contributed by atoms with Crippen LogP contribution in [0.1, 0.15) is 38.5 Å². The lowest BCUT2D eigenvalue weighted by molar-refractivity contribution is 0.0103. The van der Waals surface area contributed by atoms with Gasteiger partial charge < -0.3 is 9.88 Å². The molecule has 0 atom stereocenters. The van der Waals surface area contributed by atoms with Crippen LogP contribution in [0.15, 0.2) is 24.3 Å². The van der Waals surface area contributed by atoms with Gasteiger partial charge >= 0.3 is 0 Å². The van der Waals surface area contributed by atoms with Gasteiger partial charge in [-0.05, 0) is 68.4 Å². The minimum Gasteiger partial charge on any atom is -0.350 e. The van der Waals surface area contributed by atoms with Crippen molar-refractivity contribution in [3.05, 3.63) is 24.3 Å². The molecule has 4 aliphatic carbocycles. The number of benzene rings is 1. The zero-order chi connectivity index (χ0) is 14.0. The maximum Gasteiger partial charge on any atom is 0.204 e. The van der Waals surface area contributed by atoms with Crippen molar-refractivity contribution in [1.82, 2.24) is 9.55 Å². The van der Waals surface area contributed by atoms with Crippen molar-refractivity contribution in [2.45, 2.75) is 44.1 Å². The van der Waals surface area contributed by atoms with Gasteiger partial charge in [-0.2, -0.15) is 0 Å². The van der Waals surface area contributed by atoms with Gasteiger partial charge in [0.15, 0.2) is 0 Å². The summed E-state index contributed by atoms with van der Waals surface area (Å²) < 4.78 is 2.23. The molecule has 0 radical (unpaired) electrons. The van der Waals surface area contributed by atoms with E-state index in [2.05, 4.69) is 41.2 Å². The lowest BCUT2D eigenvalue weighted by Gasteiger charge is -2.57. The number of anilines is 1. The zero-order valence-corrected chi connectivity index (χ0v) is 12.7. The van der Waals surface area contributed by atoms with Crippen LogP contribution in [0.3, 0.4) is 0 Å². The van der Waals surface area contributed by atoms with Crippen LogP contribution >= 0.6 is 0 Å². The van der Waals surface area contributed by atoms with Gasteiger partial charge in [-0.1, -0.05) is 12.1 Å². The average molecular weight is 281 g/mol. The molecule has 0 aliphatic heterocycles. The van der Waals surface area contributed by atoms with E-state index in [-0.39, 0.29) is 0 Å². The molecule has 0 saturated heterocycles. The third-order valence-electron chi connectivity index (χ3n) is 6.20. The summed E-state index contributed by atoms with van der Waals surface area (Å²) in [4.78, 5) is 4.84. The molecule has 0 unspecified atom stereocenters.